The van der Waals surface area contributed by atoms with Gasteiger partial charge in [-0.05, 0) is 31.0 Å². The second-order valence-electron chi connectivity index (χ2n) is 7.42. The van der Waals surface area contributed by atoms with Gasteiger partial charge in [0.2, 0.25) is 0 Å². The molecule has 3 aromatic rings. The van der Waals surface area contributed by atoms with Crippen molar-refractivity contribution in [3.63, 3.8) is 0 Å². The molecular formula is C21H26N6O2. The van der Waals surface area contributed by atoms with Crippen molar-refractivity contribution in [2.75, 3.05) is 31.1 Å². The van der Waals surface area contributed by atoms with Crippen LogP contribution in [0.25, 0.3) is 16.8 Å². The van der Waals surface area contributed by atoms with E-state index in [9.17, 15) is 4.79 Å². The van der Waals surface area contributed by atoms with Gasteiger partial charge in [-0.2, -0.15) is 5.10 Å². The van der Waals surface area contributed by atoms with E-state index in [4.69, 9.17) is 15.5 Å². The molecule has 1 amide bonds. The summed E-state index contributed by atoms with van der Waals surface area (Å²) in [6, 6.07) is 10.1. The smallest absolute Gasteiger partial charge is 0.410 e. The normalized spacial score (nSPS) is 14.6. The van der Waals surface area contributed by atoms with Gasteiger partial charge in [-0.1, -0.05) is 24.3 Å². The molecule has 1 saturated heterocycles. The Morgan fingerprint density at radius 2 is 1.86 bits per heavy atom. The minimum Gasteiger partial charge on any atom is -0.447 e. The number of rotatable bonds is 4. The first-order valence-electron chi connectivity index (χ1n) is 9.89. The first kappa shape index (κ1) is 19.2. The molecule has 0 radical (unpaired) electrons. The van der Waals surface area contributed by atoms with Crippen molar-refractivity contribution in [2.45, 2.75) is 26.5 Å². The van der Waals surface area contributed by atoms with Gasteiger partial charge in [0.15, 0.2) is 5.65 Å². The number of nitrogens with two attached hydrogens (primary N) is 1. The van der Waals surface area contributed by atoms with Gasteiger partial charge in [0.25, 0.3) is 0 Å². The number of amides is 1. The molecule has 1 aromatic carbocycles. The predicted molar refractivity (Wildman–Crippen MR) is 112 cm³/mol. The molecule has 2 aromatic heterocycles. The molecule has 29 heavy (non-hydrogen) atoms. The van der Waals surface area contributed by atoms with E-state index < -0.39 is 0 Å². The van der Waals surface area contributed by atoms with E-state index in [1.54, 1.807) is 9.42 Å². The second kappa shape index (κ2) is 8.08. The first-order valence-corrected chi connectivity index (χ1v) is 9.89. The molecule has 0 bridgehead atoms. The number of nitrogens with zero attached hydrogens (tertiary/aromatic N) is 5. The molecule has 3 heterocycles. The van der Waals surface area contributed by atoms with Crippen molar-refractivity contribution < 1.29 is 9.53 Å². The zero-order valence-corrected chi connectivity index (χ0v) is 16.8. The average molecular weight is 394 g/mol. The predicted octanol–water partition coefficient (Wildman–Crippen LogP) is 2.52. The van der Waals surface area contributed by atoms with Crippen LogP contribution >= 0.6 is 0 Å². The number of fused-ring (bicyclic) bond motifs is 1. The fourth-order valence-electron chi connectivity index (χ4n) is 3.45. The Hall–Kier alpha value is -3.13. The Kier molecular flexibility index (Phi) is 5.35. The fourth-order valence-corrected chi connectivity index (χ4v) is 3.45. The number of piperazine rings is 1. The lowest BCUT2D eigenvalue weighted by Gasteiger charge is -2.35. The van der Waals surface area contributed by atoms with E-state index in [1.807, 2.05) is 56.6 Å². The lowest BCUT2D eigenvalue weighted by atomic mass is 10.1. The van der Waals surface area contributed by atoms with Crippen LogP contribution in [0.15, 0.2) is 42.7 Å². The van der Waals surface area contributed by atoms with Gasteiger partial charge in [-0.3, -0.25) is 0 Å². The summed E-state index contributed by atoms with van der Waals surface area (Å²) in [5.41, 5.74) is 9.64. The van der Waals surface area contributed by atoms with Gasteiger partial charge in [0.05, 0.1) is 12.3 Å². The minimum absolute atomic E-state index is 0.108. The topological polar surface area (TPSA) is 89.0 Å². The monoisotopic (exact) mass is 394 g/mol. The van der Waals surface area contributed by atoms with Crippen LogP contribution in [-0.2, 0) is 11.3 Å². The number of aromatic nitrogens is 3. The fraction of sp³-hybridized carbons (Fsp3) is 0.381. The lowest BCUT2D eigenvalue weighted by molar-refractivity contribution is 0.0751. The molecule has 1 aliphatic rings. The number of carbonyl (C=O) groups is 1. The van der Waals surface area contributed by atoms with Gasteiger partial charge in [-0.15, -0.1) is 0 Å². The molecule has 0 spiro atoms. The molecule has 1 aliphatic heterocycles. The summed E-state index contributed by atoms with van der Waals surface area (Å²) >= 11 is 0. The number of benzene rings is 1. The maximum Gasteiger partial charge on any atom is 0.410 e. The van der Waals surface area contributed by atoms with Crippen molar-refractivity contribution in [1.29, 1.82) is 0 Å². The maximum absolute atomic E-state index is 12.1. The first-order chi connectivity index (χ1) is 14.0. The van der Waals surface area contributed by atoms with E-state index in [0.717, 1.165) is 28.2 Å². The molecule has 0 aliphatic carbocycles. The van der Waals surface area contributed by atoms with Crippen LogP contribution in [0.1, 0.15) is 19.4 Å². The molecule has 152 valence electrons. The van der Waals surface area contributed by atoms with Crippen LogP contribution in [0.4, 0.5) is 10.6 Å². The number of ether oxygens (including phenoxy) is 1. The van der Waals surface area contributed by atoms with Gasteiger partial charge in [-0.25, -0.2) is 14.3 Å². The van der Waals surface area contributed by atoms with Crippen LogP contribution in [0.2, 0.25) is 0 Å². The number of hydrogen-bond donors (Lipinski definition) is 1. The summed E-state index contributed by atoms with van der Waals surface area (Å²) < 4.78 is 7.08. The Labute approximate surface area is 169 Å². The highest BCUT2D eigenvalue weighted by Crippen LogP contribution is 2.25. The lowest BCUT2D eigenvalue weighted by Crippen LogP contribution is -2.49. The molecule has 8 heteroatoms. The second-order valence-corrected chi connectivity index (χ2v) is 7.42. The molecule has 0 saturated carbocycles. The van der Waals surface area contributed by atoms with Crippen LogP contribution in [-0.4, -0.2) is 57.9 Å². The minimum atomic E-state index is -0.248. The third kappa shape index (κ3) is 4.02. The van der Waals surface area contributed by atoms with Gasteiger partial charge in [0.1, 0.15) is 5.82 Å². The van der Waals surface area contributed by atoms with Crippen molar-refractivity contribution in [3.05, 3.63) is 48.3 Å². The van der Waals surface area contributed by atoms with Crippen LogP contribution in [0.3, 0.4) is 0 Å². The van der Waals surface area contributed by atoms with Crippen molar-refractivity contribution >= 4 is 17.6 Å². The maximum atomic E-state index is 12.1. The average Bonchev–Trinajstić information content (AvgIpc) is 3.16. The van der Waals surface area contributed by atoms with E-state index >= 15 is 0 Å². The van der Waals surface area contributed by atoms with Crippen molar-refractivity contribution in [1.82, 2.24) is 19.5 Å². The molecule has 4 rings (SSSR count). The SMILES string of the molecule is CC(C)OC(=O)N1CCN(c2ccn3ncc(-c4ccc(CN)cc4)c3n2)CC1. The number of hydrogen-bond acceptors (Lipinski definition) is 6. The summed E-state index contributed by atoms with van der Waals surface area (Å²) in [5.74, 6) is 0.884. The summed E-state index contributed by atoms with van der Waals surface area (Å²) in [6.07, 6.45) is 3.41. The highest BCUT2D eigenvalue weighted by atomic mass is 16.6. The molecule has 0 atom stereocenters. The summed E-state index contributed by atoms with van der Waals surface area (Å²) in [4.78, 5) is 20.9. The molecular weight excluding hydrogens is 368 g/mol. The zero-order chi connectivity index (χ0) is 20.4. The standard InChI is InChI=1S/C21H26N6O2/c1-15(2)29-21(28)26-11-9-25(10-12-26)19-7-8-27-20(24-19)18(14-23-27)17-5-3-16(13-22)4-6-17/h3-8,14-15H,9-13,22H2,1-2H3. The third-order valence-electron chi connectivity index (χ3n) is 5.05. The summed E-state index contributed by atoms with van der Waals surface area (Å²) in [5, 5.41) is 4.43. The molecule has 8 nitrogen and oxygen atoms in total. The summed E-state index contributed by atoms with van der Waals surface area (Å²) in [7, 11) is 0. The van der Waals surface area contributed by atoms with Gasteiger partial charge < -0.3 is 20.3 Å². The Bertz CT molecular complexity index is 990. The number of anilines is 1. The third-order valence-corrected chi connectivity index (χ3v) is 5.05. The summed E-state index contributed by atoms with van der Waals surface area (Å²) in [6.45, 7) is 6.90. The Balaban J connectivity index is 1.53. The van der Waals surface area contributed by atoms with Gasteiger partial charge in [0, 0.05) is 44.5 Å². The highest BCUT2D eigenvalue weighted by molar-refractivity contribution is 5.78. The zero-order valence-electron chi connectivity index (χ0n) is 16.8. The molecule has 0 unspecified atom stereocenters. The van der Waals surface area contributed by atoms with E-state index in [0.29, 0.717) is 32.7 Å². The Morgan fingerprint density at radius 1 is 1.14 bits per heavy atom. The largest absolute Gasteiger partial charge is 0.447 e. The molecule has 2 N–H and O–H groups in total. The van der Waals surface area contributed by atoms with Crippen molar-refractivity contribution in [2.24, 2.45) is 5.73 Å². The highest BCUT2D eigenvalue weighted by Gasteiger charge is 2.24. The number of carbonyl (C=O) groups excluding carboxylic acids is 1. The van der Waals surface area contributed by atoms with E-state index in [-0.39, 0.29) is 12.2 Å². The molecule has 1 fully saturated rings. The van der Waals surface area contributed by atoms with Gasteiger partial charge >= 0.3 is 6.09 Å². The van der Waals surface area contributed by atoms with Crippen LogP contribution in [0.5, 0.6) is 0 Å². The van der Waals surface area contributed by atoms with Crippen LogP contribution < -0.4 is 10.6 Å². The van der Waals surface area contributed by atoms with E-state index in [1.165, 1.54) is 0 Å². The Morgan fingerprint density at radius 3 is 2.52 bits per heavy atom. The van der Waals surface area contributed by atoms with Crippen LogP contribution in [0, 0.1) is 0 Å². The van der Waals surface area contributed by atoms with Crippen molar-refractivity contribution in [3.8, 4) is 11.1 Å². The van der Waals surface area contributed by atoms with E-state index in [2.05, 4.69) is 10.00 Å². The quantitative estimate of drug-likeness (QED) is 0.731.